The van der Waals surface area contributed by atoms with Crippen molar-refractivity contribution < 1.29 is 5.11 Å². The summed E-state index contributed by atoms with van der Waals surface area (Å²) in [5.74, 6) is 0. The molecule has 2 aromatic rings. The molecule has 1 heteroatoms. The molecule has 0 amide bonds. The Balaban J connectivity index is 2.82. The quantitative estimate of drug-likeness (QED) is 0.701. The van der Waals surface area contributed by atoms with Crippen molar-refractivity contribution >= 4 is 16.8 Å². The zero-order valence-corrected chi connectivity index (χ0v) is 10.6. The maximum absolute atomic E-state index is 9.09. The molecule has 0 fully saturated rings. The third-order valence-electron chi connectivity index (χ3n) is 3.02. The van der Waals surface area contributed by atoms with E-state index >= 15 is 0 Å². The molecule has 2 aromatic carbocycles. The molecule has 0 aliphatic heterocycles. The summed E-state index contributed by atoms with van der Waals surface area (Å²) >= 11 is 0. The van der Waals surface area contributed by atoms with E-state index in [0.717, 1.165) is 11.8 Å². The Bertz CT molecular complexity index is 559. The number of aliphatic hydroxyl groups excluding tert-OH is 1. The molecule has 0 radical (unpaired) electrons. The average Bonchev–Trinajstić information content (AvgIpc) is 2.28. The molecule has 0 aromatic heterocycles. The highest BCUT2D eigenvalue weighted by molar-refractivity contribution is 5.92. The minimum absolute atomic E-state index is 0.0683. The molecule has 0 aliphatic rings. The Morgan fingerprint density at radius 1 is 1.00 bits per heavy atom. The lowest BCUT2D eigenvalue weighted by Gasteiger charge is -2.23. The predicted octanol–water partition coefficient (Wildman–Crippen LogP) is 4.67. The van der Waals surface area contributed by atoms with Gasteiger partial charge in [0.05, 0.1) is 6.26 Å². The second kappa shape index (κ2) is 4.25. The standard InChI is InChI=1S/C16H18O/c1-16(2,3)15-9-8-12-6-4-5-7-13(12)14(15)10-11-17/h4-11,17H,1-3H3. The van der Waals surface area contributed by atoms with Crippen LogP contribution < -0.4 is 0 Å². The molecule has 0 aliphatic carbocycles. The van der Waals surface area contributed by atoms with E-state index in [-0.39, 0.29) is 5.41 Å². The van der Waals surface area contributed by atoms with Crippen LogP contribution in [0, 0.1) is 0 Å². The van der Waals surface area contributed by atoms with Gasteiger partial charge in [-0.25, -0.2) is 0 Å². The maximum atomic E-state index is 9.09. The van der Waals surface area contributed by atoms with Gasteiger partial charge in [-0.15, -0.1) is 0 Å². The van der Waals surface area contributed by atoms with Crippen molar-refractivity contribution in [1.82, 2.24) is 0 Å². The number of rotatable bonds is 1. The molecule has 1 nitrogen and oxygen atoms in total. The first-order valence-corrected chi connectivity index (χ1v) is 5.87. The van der Waals surface area contributed by atoms with Crippen LogP contribution in [-0.2, 0) is 5.41 Å². The summed E-state index contributed by atoms with van der Waals surface area (Å²) < 4.78 is 0. The molecule has 0 heterocycles. The van der Waals surface area contributed by atoms with Crippen LogP contribution in [0.1, 0.15) is 31.9 Å². The summed E-state index contributed by atoms with van der Waals surface area (Å²) in [7, 11) is 0. The highest BCUT2D eigenvalue weighted by Crippen LogP contribution is 2.32. The SMILES string of the molecule is CC(C)(C)c1ccc2ccccc2c1C=CO. The topological polar surface area (TPSA) is 20.2 Å². The third-order valence-corrected chi connectivity index (χ3v) is 3.02. The van der Waals surface area contributed by atoms with E-state index in [1.807, 2.05) is 12.1 Å². The van der Waals surface area contributed by atoms with Gasteiger partial charge < -0.3 is 5.11 Å². The fourth-order valence-corrected chi connectivity index (χ4v) is 2.20. The second-order valence-corrected chi connectivity index (χ2v) is 5.31. The Kier molecular flexibility index (Phi) is 2.93. The van der Waals surface area contributed by atoms with Gasteiger partial charge in [-0.1, -0.05) is 57.2 Å². The van der Waals surface area contributed by atoms with Crippen LogP contribution in [0.25, 0.3) is 16.8 Å². The van der Waals surface area contributed by atoms with E-state index in [1.165, 1.54) is 16.3 Å². The molecule has 17 heavy (non-hydrogen) atoms. The van der Waals surface area contributed by atoms with E-state index in [9.17, 15) is 0 Å². The lowest BCUT2D eigenvalue weighted by atomic mass is 9.82. The second-order valence-electron chi connectivity index (χ2n) is 5.31. The Labute approximate surface area is 102 Å². The number of aliphatic hydroxyl groups is 1. The van der Waals surface area contributed by atoms with E-state index < -0.39 is 0 Å². The molecule has 0 spiro atoms. The van der Waals surface area contributed by atoms with Gasteiger partial charge >= 0.3 is 0 Å². The number of hydrogen-bond donors (Lipinski definition) is 1. The van der Waals surface area contributed by atoms with Crippen molar-refractivity contribution in [2.75, 3.05) is 0 Å². The van der Waals surface area contributed by atoms with Crippen molar-refractivity contribution in [3.63, 3.8) is 0 Å². The highest BCUT2D eigenvalue weighted by Gasteiger charge is 2.18. The molecule has 0 unspecified atom stereocenters. The molecule has 0 saturated carbocycles. The Morgan fingerprint density at radius 2 is 1.71 bits per heavy atom. The molecular formula is C16H18O. The summed E-state index contributed by atoms with van der Waals surface area (Å²) in [6.45, 7) is 6.56. The monoisotopic (exact) mass is 226 g/mol. The van der Waals surface area contributed by atoms with Gasteiger partial charge in [0.2, 0.25) is 0 Å². The van der Waals surface area contributed by atoms with E-state index in [0.29, 0.717) is 0 Å². The molecule has 2 rings (SSSR count). The maximum Gasteiger partial charge on any atom is 0.0797 e. The summed E-state index contributed by atoms with van der Waals surface area (Å²) in [5, 5.41) is 11.5. The predicted molar refractivity (Wildman–Crippen MR) is 74.3 cm³/mol. The summed E-state index contributed by atoms with van der Waals surface area (Å²) in [6.07, 6.45) is 2.90. The molecule has 1 N–H and O–H groups in total. The van der Waals surface area contributed by atoms with Crippen LogP contribution in [0.15, 0.2) is 42.7 Å². The fourth-order valence-electron chi connectivity index (χ4n) is 2.20. The van der Waals surface area contributed by atoms with E-state index in [4.69, 9.17) is 5.11 Å². The van der Waals surface area contributed by atoms with E-state index in [1.54, 1.807) is 6.08 Å². The van der Waals surface area contributed by atoms with Crippen molar-refractivity contribution in [2.24, 2.45) is 0 Å². The highest BCUT2D eigenvalue weighted by atomic mass is 16.2. The smallest absolute Gasteiger partial charge is 0.0797 e. The first kappa shape index (κ1) is 11.7. The van der Waals surface area contributed by atoms with Crippen LogP contribution >= 0.6 is 0 Å². The van der Waals surface area contributed by atoms with Crippen molar-refractivity contribution in [2.45, 2.75) is 26.2 Å². The first-order chi connectivity index (χ1) is 8.04. The Hall–Kier alpha value is -1.76. The molecular weight excluding hydrogens is 208 g/mol. The minimum atomic E-state index is 0.0683. The van der Waals surface area contributed by atoms with Gasteiger partial charge in [-0.2, -0.15) is 0 Å². The van der Waals surface area contributed by atoms with Gasteiger partial charge in [-0.05, 0) is 33.4 Å². The largest absolute Gasteiger partial charge is 0.516 e. The zero-order valence-electron chi connectivity index (χ0n) is 10.6. The Morgan fingerprint density at radius 3 is 2.35 bits per heavy atom. The van der Waals surface area contributed by atoms with Gasteiger partial charge in [0.25, 0.3) is 0 Å². The number of hydrogen-bond acceptors (Lipinski definition) is 1. The summed E-state index contributed by atoms with van der Waals surface area (Å²) in [6, 6.07) is 12.5. The number of fused-ring (bicyclic) bond motifs is 1. The van der Waals surface area contributed by atoms with Gasteiger partial charge in [-0.3, -0.25) is 0 Å². The van der Waals surface area contributed by atoms with Gasteiger partial charge in [0.15, 0.2) is 0 Å². The molecule has 0 bridgehead atoms. The normalized spacial score (nSPS) is 12.4. The lowest BCUT2D eigenvalue weighted by Crippen LogP contribution is -2.13. The van der Waals surface area contributed by atoms with Crippen LogP contribution in [0.3, 0.4) is 0 Å². The minimum Gasteiger partial charge on any atom is -0.516 e. The average molecular weight is 226 g/mol. The van der Waals surface area contributed by atoms with Crippen molar-refractivity contribution in [1.29, 1.82) is 0 Å². The first-order valence-electron chi connectivity index (χ1n) is 5.87. The molecule has 0 atom stereocenters. The van der Waals surface area contributed by atoms with Crippen LogP contribution in [0.2, 0.25) is 0 Å². The van der Waals surface area contributed by atoms with Crippen molar-refractivity contribution in [3.8, 4) is 0 Å². The fraction of sp³-hybridized carbons (Fsp3) is 0.250. The molecule has 88 valence electrons. The summed E-state index contributed by atoms with van der Waals surface area (Å²) in [4.78, 5) is 0. The van der Waals surface area contributed by atoms with E-state index in [2.05, 4.69) is 45.0 Å². The third kappa shape index (κ3) is 2.19. The van der Waals surface area contributed by atoms with Crippen LogP contribution in [0.4, 0.5) is 0 Å². The summed E-state index contributed by atoms with van der Waals surface area (Å²) in [5.41, 5.74) is 2.43. The molecule has 0 saturated heterocycles. The van der Waals surface area contributed by atoms with Crippen LogP contribution in [0.5, 0.6) is 0 Å². The van der Waals surface area contributed by atoms with Crippen LogP contribution in [-0.4, -0.2) is 5.11 Å². The lowest BCUT2D eigenvalue weighted by molar-refractivity contribution is 0.478. The zero-order chi connectivity index (χ0) is 12.5. The van der Waals surface area contributed by atoms with Crippen molar-refractivity contribution in [3.05, 3.63) is 53.8 Å². The number of benzene rings is 2. The van der Waals surface area contributed by atoms with Gasteiger partial charge in [0.1, 0.15) is 0 Å². The van der Waals surface area contributed by atoms with Gasteiger partial charge in [0, 0.05) is 0 Å².